The van der Waals surface area contributed by atoms with Gasteiger partial charge in [0, 0.05) is 17.0 Å². The summed E-state index contributed by atoms with van der Waals surface area (Å²) in [5, 5.41) is 14.2. The van der Waals surface area contributed by atoms with Crippen molar-refractivity contribution >= 4 is 51.7 Å². The summed E-state index contributed by atoms with van der Waals surface area (Å²) in [6.45, 7) is 2.33. The van der Waals surface area contributed by atoms with E-state index in [1.807, 2.05) is 0 Å². The van der Waals surface area contributed by atoms with Gasteiger partial charge >= 0.3 is 0 Å². The molecule has 1 saturated carbocycles. The Morgan fingerprint density at radius 2 is 1.85 bits per heavy atom. The van der Waals surface area contributed by atoms with E-state index in [0.717, 1.165) is 31.7 Å². The lowest BCUT2D eigenvalue weighted by Crippen LogP contribution is -2.64. The predicted molar refractivity (Wildman–Crippen MR) is 170 cm³/mol. The Morgan fingerprint density at radius 1 is 1.09 bits per heavy atom. The van der Waals surface area contributed by atoms with Crippen LogP contribution >= 0.6 is 11.6 Å². The van der Waals surface area contributed by atoms with Gasteiger partial charge in [-0.2, -0.15) is 0 Å². The second kappa shape index (κ2) is 14.2. The van der Waals surface area contributed by atoms with Crippen molar-refractivity contribution in [2.45, 2.75) is 69.5 Å². The zero-order valence-electron chi connectivity index (χ0n) is 25.9. The van der Waals surface area contributed by atoms with Crippen LogP contribution in [0, 0.1) is 17.6 Å². The highest BCUT2D eigenvalue weighted by Crippen LogP contribution is 2.45. The van der Waals surface area contributed by atoms with Gasteiger partial charge in [0.05, 0.1) is 30.4 Å². The Kier molecular flexibility index (Phi) is 10.3. The number of rotatable bonds is 10. The molecular formula is C32H38ClF2N7O4. The molecule has 0 spiro atoms. The first-order chi connectivity index (χ1) is 22.1. The summed E-state index contributed by atoms with van der Waals surface area (Å²) in [5.74, 6) is -3.58. The van der Waals surface area contributed by atoms with Gasteiger partial charge in [-0.05, 0) is 70.3 Å². The quantitative estimate of drug-likeness (QED) is 0.202. The largest absolute Gasteiger partial charge is 0.496 e. The number of anilines is 2. The smallest absolute Gasteiger partial charge is 0.257 e. The zero-order valence-corrected chi connectivity index (χ0v) is 26.7. The van der Waals surface area contributed by atoms with Crippen LogP contribution in [-0.2, 0) is 19.9 Å². The Labute approximate surface area is 270 Å². The number of imide groups is 1. The van der Waals surface area contributed by atoms with Crippen LogP contribution < -0.4 is 31.3 Å². The topological polar surface area (TPSA) is 146 Å². The van der Waals surface area contributed by atoms with E-state index in [1.165, 1.54) is 19.5 Å². The molecule has 2 aromatic carbocycles. The summed E-state index contributed by atoms with van der Waals surface area (Å²) in [7, 11) is 3.07. The molecule has 2 fully saturated rings. The van der Waals surface area contributed by atoms with Gasteiger partial charge in [0.15, 0.2) is 11.4 Å². The van der Waals surface area contributed by atoms with Crippen LogP contribution in [0.1, 0.15) is 57.4 Å². The molecule has 2 aliphatic rings. The van der Waals surface area contributed by atoms with Crippen molar-refractivity contribution in [3.8, 4) is 5.75 Å². The number of fused-ring (bicyclic) bond motifs is 1. The third-order valence-electron chi connectivity index (χ3n) is 9.01. The lowest BCUT2D eigenvalue weighted by molar-refractivity contribution is -0.142. The molecule has 2 heterocycles. The first-order valence-corrected chi connectivity index (χ1v) is 15.8. The molecule has 1 aliphatic carbocycles. The van der Waals surface area contributed by atoms with Crippen molar-refractivity contribution in [3.63, 3.8) is 0 Å². The molecule has 5 rings (SSSR count). The molecule has 0 unspecified atom stereocenters. The van der Waals surface area contributed by atoms with Crippen LogP contribution in [0.25, 0.3) is 10.9 Å². The molecule has 246 valence electrons. The second-order valence-corrected chi connectivity index (χ2v) is 12.1. The fourth-order valence-electron chi connectivity index (χ4n) is 6.34. The van der Waals surface area contributed by atoms with Crippen molar-refractivity contribution < 1.29 is 27.9 Å². The normalized spacial score (nSPS) is 18.9. The molecule has 3 atom stereocenters. The molecule has 1 aromatic heterocycles. The molecule has 1 aliphatic heterocycles. The van der Waals surface area contributed by atoms with Crippen LogP contribution in [0.2, 0.25) is 5.02 Å². The maximum atomic E-state index is 14.9. The SMILES string of the molecule is CN[C@@H](C)C(=O)N[C@](C(=O)NC(=O)[C@@H]1CCCN1)(c1cc2c(Nc3ccc(F)c(Cl)c3F)ncnc2cc1OC)C1CCCCC1. The lowest BCUT2D eigenvalue weighted by Gasteiger charge is -2.43. The molecule has 5 N–H and O–H groups in total. The first-order valence-electron chi connectivity index (χ1n) is 15.4. The van der Waals surface area contributed by atoms with Gasteiger partial charge in [-0.3, -0.25) is 19.7 Å². The molecule has 3 amide bonds. The van der Waals surface area contributed by atoms with Crippen LogP contribution in [0.4, 0.5) is 20.3 Å². The summed E-state index contributed by atoms with van der Waals surface area (Å²) in [6, 6.07) is 4.22. The molecule has 3 aromatic rings. The fourth-order valence-corrected chi connectivity index (χ4v) is 6.50. The number of benzene rings is 2. The minimum atomic E-state index is -1.76. The van der Waals surface area contributed by atoms with Gasteiger partial charge in [-0.25, -0.2) is 18.7 Å². The number of nitrogens with zero attached hydrogens (tertiary/aromatic N) is 2. The monoisotopic (exact) mass is 657 g/mol. The van der Waals surface area contributed by atoms with Crippen molar-refractivity contribution in [2.75, 3.05) is 26.0 Å². The summed E-state index contributed by atoms with van der Waals surface area (Å²) < 4.78 is 34.7. The Morgan fingerprint density at radius 3 is 2.52 bits per heavy atom. The van der Waals surface area contributed by atoms with Crippen molar-refractivity contribution in [1.29, 1.82) is 0 Å². The van der Waals surface area contributed by atoms with Gasteiger partial charge in [0.25, 0.3) is 5.91 Å². The predicted octanol–water partition coefficient (Wildman–Crippen LogP) is 4.21. The summed E-state index contributed by atoms with van der Waals surface area (Å²) in [6.07, 6.45) is 6.40. The Balaban J connectivity index is 1.72. The van der Waals surface area contributed by atoms with Crippen LogP contribution in [0.3, 0.4) is 0 Å². The number of likely N-dealkylation sites (N-methyl/N-ethyl adjacent to an activating group) is 1. The van der Waals surface area contributed by atoms with Gasteiger partial charge in [0.2, 0.25) is 11.8 Å². The third kappa shape index (κ3) is 6.49. The lowest BCUT2D eigenvalue weighted by atomic mass is 9.69. The van der Waals surface area contributed by atoms with Crippen LogP contribution in [-0.4, -0.2) is 60.5 Å². The van der Waals surface area contributed by atoms with Crippen molar-refractivity contribution in [2.24, 2.45) is 5.92 Å². The molecule has 0 radical (unpaired) electrons. The molecular weight excluding hydrogens is 620 g/mol. The number of amides is 3. The highest BCUT2D eigenvalue weighted by Gasteiger charge is 2.51. The molecule has 14 heteroatoms. The maximum Gasteiger partial charge on any atom is 0.257 e. The number of aromatic nitrogens is 2. The highest BCUT2D eigenvalue weighted by atomic mass is 35.5. The van der Waals surface area contributed by atoms with Crippen molar-refractivity contribution in [3.05, 3.63) is 52.8 Å². The second-order valence-electron chi connectivity index (χ2n) is 11.7. The summed E-state index contributed by atoms with van der Waals surface area (Å²) in [4.78, 5) is 50.4. The van der Waals surface area contributed by atoms with Gasteiger partial charge in [-0.15, -0.1) is 0 Å². The number of hydrogen-bond acceptors (Lipinski definition) is 9. The standard InChI is InChI=1S/C32H38ClF2N7O4/c1-17(36-2)29(43)42-32(18-8-5-4-6-9-18,31(45)41-30(44)23-10-7-13-37-23)20-14-19-24(15-25(20)46-3)38-16-39-28(19)40-22-12-11-21(34)26(33)27(22)35/h11-12,14-18,23,36-37H,4-10,13H2,1-3H3,(H,42,43)(H,38,39,40)(H,41,44,45)/t17-,23-,32-/m0/s1. The molecule has 46 heavy (non-hydrogen) atoms. The first kappa shape index (κ1) is 33.4. The molecule has 1 saturated heterocycles. The highest BCUT2D eigenvalue weighted by molar-refractivity contribution is 6.31. The van der Waals surface area contributed by atoms with Crippen LogP contribution in [0.5, 0.6) is 5.75 Å². The van der Waals surface area contributed by atoms with E-state index in [9.17, 15) is 23.2 Å². The summed E-state index contributed by atoms with van der Waals surface area (Å²) in [5.41, 5.74) is -1.23. The van der Waals surface area contributed by atoms with Crippen LogP contribution in [0.15, 0.2) is 30.6 Å². The van der Waals surface area contributed by atoms with Gasteiger partial charge < -0.3 is 26.0 Å². The van der Waals surface area contributed by atoms with Gasteiger partial charge in [0.1, 0.15) is 28.7 Å². The number of nitrogens with one attached hydrogen (secondary N) is 5. The van der Waals surface area contributed by atoms with E-state index in [-0.39, 0.29) is 22.8 Å². The van der Waals surface area contributed by atoms with E-state index < -0.39 is 57.9 Å². The maximum absolute atomic E-state index is 14.9. The number of halogens is 3. The molecule has 0 bridgehead atoms. The minimum absolute atomic E-state index is 0.133. The van der Waals surface area contributed by atoms with E-state index in [2.05, 4.69) is 36.6 Å². The van der Waals surface area contributed by atoms with Crippen molar-refractivity contribution in [1.82, 2.24) is 31.2 Å². The summed E-state index contributed by atoms with van der Waals surface area (Å²) >= 11 is 5.83. The van der Waals surface area contributed by atoms with E-state index >= 15 is 0 Å². The number of hydrogen-bond donors (Lipinski definition) is 5. The number of carbonyl (C=O) groups excluding carboxylic acids is 3. The van der Waals surface area contributed by atoms with E-state index in [4.69, 9.17) is 16.3 Å². The zero-order chi connectivity index (χ0) is 33.0. The third-order valence-corrected chi connectivity index (χ3v) is 9.35. The number of ether oxygens (including phenoxy) is 1. The average molecular weight is 658 g/mol. The molecule has 11 nitrogen and oxygen atoms in total. The van der Waals surface area contributed by atoms with E-state index in [0.29, 0.717) is 36.7 Å². The van der Waals surface area contributed by atoms with E-state index in [1.54, 1.807) is 26.1 Å². The average Bonchev–Trinajstić information content (AvgIpc) is 3.62. The fraction of sp³-hybridized carbons (Fsp3) is 0.469. The number of methoxy groups -OCH3 is 1. The minimum Gasteiger partial charge on any atom is -0.496 e. The van der Waals surface area contributed by atoms with Gasteiger partial charge in [-0.1, -0.05) is 30.9 Å². The Bertz CT molecular complexity index is 1630. The Hall–Kier alpha value is -3.94. The number of carbonyl (C=O) groups is 3.